The van der Waals surface area contributed by atoms with Gasteiger partial charge in [0.15, 0.2) is 0 Å². The lowest BCUT2D eigenvalue weighted by atomic mass is 9.80. The Morgan fingerprint density at radius 1 is 1.00 bits per heavy atom. The molecule has 3 nitrogen and oxygen atoms in total. The van der Waals surface area contributed by atoms with Crippen molar-refractivity contribution in [3.05, 3.63) is 71.3 Å². The Bertz CT molecular complexity index is 701. The van der Waals surface area contributed by atoms with Gasteiger partial charge >= 0.3 is 0 Å². The Morgan fingerprint density at radius 2 is 1.65 bits per heavy atom. The summed E-state index contributed by atoms with van der Waals surface area (Å²) < 4.78 is 0. The second kappa shape index (κ2) is 8.50. The second-order valence-corrected chi connectivity index (χ2v) is 8.01. The molecular weight excluding hydrogens is 320 g/mol. The number of benzene rings is 2. The van der Waals surface area contributed by atoms with Crippen LogP contribution in [0.3, 0.4) is 0 Å². The van der Waals surface area contributed by atoms with Crippen molar-refractivity contribution in [1.82, 2.24) is 10.2 Å². The average Bonchev–Trinajstić information content (AvgIpc) is 2.65. The van der Waals surface area contributed by atoms with Crippen molar-refractivity contribution in [3.63, 3.8) is 0 Å². The largest absolute Gasteiger partial charge is 0.355 e. The van der Waals surface area contributed by atoms with E-state index in [0.29, 0.717) is 6.42 Å². The Kier molecular flexibility index (Phi) is 6.10. The number of hydrogen-bond donors (Lipinski definition) is 1. The van der Waals surface area contributed by atoms with Crippen LogP contribution in [-0.4, -0.2) is 30.4 Å². The molecule has 1 saturated heterocycles. The number of piperidine rings is 1. The number of amides is 1. The molecule has 3 rings (SSSR count). The third-order valence-corrected chi connectivity index (χ3v) is 5.51. The Hall–Kier alpha value is -2.13. The molecule has 1 amide bonds. The summed E-state index contributed by atoms with van der Waals surface area (Å²) in [5.74, 6) is 0.125. The Morgan fingerprint density at radius 3 is 2.31 bits per heavy atom. The first-order chi connectivity index (χ1) is 12.5. The molecule has 0 radical (unpaired) electrons. The van der Waals surface area contributed by atoms with Crippen LogP contribution >= 0.6 is 0 Å². The van der Waals surface area contributed by atoms with Crippen molar-refractivity contribution in [2.75, 3.05) is 19.6 Å². The minimum absolute atomic E-state index is 0.125. The topological polar surface area (TPSA) is 32.3 Å². The van der Waals surface area contributed by atoms with E-state index in [-0.39, 0.29) is 11.3 Å². The zero-order valence-corrected chi connectivity index (χ0v) is 16.0. The fourth-order valence-electron chi connectivity index (χ4n) is 3.54. The molecule has 1 N–H and O–H groups in total. The number of hydrogen-bond acceptors (Lipinski definition) is 2. The quantitative estimate of drug-likeness (QED) is 0.855. The van der Waals surface area contributed by atoms with Gasteiger partial charge in [-0.05, 0) is 49.4 Å². The van der Waals surface area contributed by atoms with Crippen LogP contribution in [0, 0.1) is 12.3 Å². The predicted octanol–water partition coefficient (Wildman–Crippen LogP) is 3.96. The van der Waals surface area contributed by atoms with Gasteiger partial charge in [-0.25, -0.2) is 0 Å². The molecule has 1 aliphatic rings. The van der Waals surface area contributed by atoms with E-state index in [1.165, 1.54) is 11.1 Å². The standard InChI is InChI=1S/C23H30N2O/c1-19-8-10-21(11-9-19)17-25-14-12-23(2,13-15-25)18-24-22(26)16-20-6-4-3-5-7-20/h3-11H,12-18H2,1-2H3,(H,24,26). The van der Waals surface area contributed by atoms with Crippen LogP contribution in [0.1, 0.15) is 36.5 Å². The normalized spacial score (nSPS) is 17.0. The molecule has 1 fully saturated rings. The lowest BCUT2D eigenvalue weighted by Crippen LogP contribution is -2.44. The van der Waals surface area contributed by atoms with Crippen molar-refractivity contribution >= 4 is 5.91 Å². The molecule has 0 atom stereocenters. The van der Waals surface area contributed by atoms with Crippen molar-refractivity contribution in [3.8, 4) is 0 Å². The zero-order valence-electron chi connectivity index (χ0n) is 16.0. The van der Waals surface area contributed by atoms with Crippen LogP contribution in [0.15, 0.2) is 54.6 Å². The highest BCUT2D eigenvalue weighted by Crippen LogP contribution is 2.30. The number of likely N-dealkylation sites (tertiary alicyclic amines) is 1. The van der Waals surface area contributed by atoms with Crippen molar-refractivity contribution in [2.24, 2.45) is 5.41 Å². The van der Waals surface area contributed by atoms with Crippen LogP contribution in [0.5, 0.6) is 0 Å². The highest BCUT2D eigenvalue weighted by atomic mass is 16.1. The molecule has 1 aliphatic heterocycles. The maximum Gasteiger partial charge on any atom is 0.224 e. The van der Waals surface area contributed by atoms with Crippen LogP contribution < -0.4 is 5.32 Å². The molecule has 26 heavy (non-hydrogen) atoms. The molecule has 0 spiro atoms. The third-order valence-electron chi connectivity index (χ3n) is 5.51. The summed E-state index contributed by atoms with van der Waals surface area (Å²) in [6.45, 7) is 8.42. The monoisotopic (exact) mass is 350 g/mol. The highest BCUT2D eigenvalue weighted by Gasteiger charge is 2.30. The van der Waals surface area contributed by atoms with Gasteiger partial charge in [-0.15, -0.1) is 0 Å². The molecule has 3 heteroatoms. The number of rotatable bonds is 6. The summed E-state index contributed by atoms with van der Waals surface area (Å²) in [6, 6.07) is 18.8. The van der Waals surface area contributed by atoms with Gasteiger partial charge < -0.3 is 5.32 Å². The predicted molar refractivity (Wildman–Crippen MR) is 107 cm³/mol. The first-order valence-electron chi connectivity index (χ1n) is 9.61. The van der Waals surface area contributed by atoms with Gasteiger partial charge in [0.25, 0.3) is 0 Å². The lowest BCUT2D eigenvalue weighted by Gasteiger charge is -2.39. The van der Waals surface area contributed by atoms with Crippen molar-refractivity contribution < 1.29 is 4.79 Å². The summed E-state index contributed by atoms with van der Waals surface area (Å²) >= 11 is 0. The number of nitrogens with zero attached hydrogens (tertiary/aromatic N) is 1. The van der Waals surface area contributed by atoms with Crippen LogP contribution in [-0.2, 0) is 17.8 Å². The van der Waals surface area contributed by atoms with Gasteiger partial charge in [-0.2, -0.15) is 0 Å². The van der Waals surface area contributed by atoms with Crippen LogP contribution in [0.25, 0.3) is 0 Å². The summed E-state index contributed by atoms with van der Waals surface area (Å²) in [4.78, 5) is 14.7. The van der Waals surface area contributed by atoms with E-state index in [0.717, 1.165) is 44.6 Å². The summed E-state index contributed by atoms with van der Waals surface area (Å²) in [7, 11) is 0. The van der Waals surface area contributed by atoms with E-state index < -0.39 is 0 Å². The maximum absolute atomic E-state index is 12.2. The Labute approximate surface area is 157 Å². The molecule has 0 aromatic heterocycles. The smallest absolute Gasteiger partial charge is 0.224 e. The fourth-order valence-corrected chi connectivity index (χ4v) is 3.54. The van der Waals surface area contributed by atoms with Crippen molar-refractivity contribution in [1.29, 1.82) is 0 Å². The van der Waals surface area contributed by atoms with Crippen LogP contribution in [0.4, 0.5) is 0 Å². The van der Waals surface area contributed by atoms with E-state index in [1.807, 2.05) is 30.3 Å². The molecule has 138 valence electrons. The van der Waals surface area contributed by atoms with E-state index in [1.54, 1.807) is 0 Å². The first-order valence-corrected chi connectivity index (χ1v) is 9.61. The molecule has 2 aromatic carbocycles. The molecule has 0 unspecified atom stereocenters. The third kappa shape index (κ3) is 5.43. The molecule has 0 bridgehead atoms. The number of carbonyl (C=O) groups is 1. The van der Waals surface area contributed by atoms with E-state index in [9.17, 15) is 4.79 Å². The first kappa shape index (κ1) is 18.7. The van der Waals surface area contributed by atoms with E-state index in [2.05, 4.69) is 48.3 Å². The van der Waals surface area contributed by atoms with Gasteiger partial charge in [0.2, 0.25) is 5.91 Å². The highest BCUT2D eigenvalue weighted by molar-refractivity contribution is 5.78. The minimum atomic E-state index is 0.125. The number of aryl methyl sites for hydroxylation is 1. The van der Waals surface area contributed by atoms with Crippen molar-refractivity contribution in [2.45, 2.75) is 39.7 Å². The SMILES string of the molecule is Cc1ccc(CN2CCC(C)(CNC(=O)Cc3ccccc3)CC2)cc1. The molecular formula is C23H30N2O. The van der Waals surface area contributed by atoms with Crippen LogP contribution in [0.2, 0.25) is 0 Å². The fraction of sp³-hybridized carbons (Fsp3) is 0.435. The van der Waals surface area contributed by atoms with Gasteiger partial charge in [0, 0.05) is 13.1 Å². The van der Waals surface area contributed by atoms with E-state index in [4.69, 9.17) is 0 Å². The lowest BCUT2D eigenvalue weighted by molar-refractivity contribution is -0.121. The average molecular weight is 351 g/mol. The van der Waals surface area contributed by atoms with Gasteiger partial charge in [-0.1, -0.05) is 67.1 Å². The number of carbonyl (C=O) groups excluding carboxylic acids is 1. The number of nitrogens with one attached hydrogen (secondary N) is 1. The van der Waals surface area contributed by atoms with Gasteiger partial charge in [-0.3, -0.25) is 9.69 Å². The molecule has 2 aromatic rings. The minimum Gasteiger partial charge on any atom is -0.355 e. The molecule has 0 aliphatic carbocycles. The zero-order chi connectivity index (χ0) is 18.4. The summed E-state index contributed by atoms with van der Waals surface area (Å²) in [6.07, 6.45) is 2.73. The van der Waals surface area contributed by atoms with Gasteiger partial charge in [0.05, 0.1) is 6.42 Å². The maximum atomic E-state index is 12.2. The molecule has 0 saturated carbocycles. The van der Waals surface area contributed by atoms with Gasteiger partial charge in [0.1, 0.15) is 0 Å². The summed E-state index contributed by atoms with van der Waals surface area (Å²) in [5.41, 5.74) is 3.97. The Balaban J connectivity index is 1.42. The van der Waals surface area contributed by atoms with E-state index >= 15 is 0 Å². The summed E-state index contributed by atoms with van der Waals surface area (Å²) in [5, 5.41) is 3.15. The second-order valence-electron chi connectivity index (χ2n) is 8.01. The molecule has 1 heterocycles.